The van der Waals surface area contributed by atoms with Crippen LogP contribution in [0.2, 0.25) is 0 Å². The Balaban J connectivity index is 1.93. The van der Waals surface area contributed by atoms with Gasteiger partial charge in [-0.2, -0.15) is 9.61 Å². The third kappa shape index (κ3) is 2.63. The Bertz CT molecular complexity index is 769. The Morgan fingerprint density at radius 3 is 3.00 bits per heavy atom. The third-order valence-electron chi connectivity index (χ3n) is 2.67. The highest BCUT2D eigenvalue weighted by molar-refractivity contribution is 7.19. The summed E-state index contributed by atoms with van der Waals surface area (Å²) in [5.41, 5.74) is 5.91. The van der Waals surface area contributed by atoms with E-state index in [9.17, 15) is 4.79 Å². The van der Waals surface area contributed by atoms with E-state index in [0.29, 0.717) is 16.5 Å². The zero-order valence-electron chi connectivity index (χ0n) is 11.0. The number of hydrogen-bond acceptors (Lipinski definition) is 7. The molecule has 0 aliphatic rings. The van der Waals surface area contributed by atoms with Gasteiger partial charge in [-0.05, 0) is 18.2 Å². The first kappa shape index (κ1) is 13.3. The quantitative estimate of drug-likeness (QED) is 0.745. The van der Waals surface area contributed by atoms with Crippen molar-refractivity contribution in [2.75, 3.05) is 13.7 Å². The molecule has 2 heterocycles. The van der Waals surface area contributed by atoms with Gasteiger partial charge in [0.05, 0.1) is 7.11 Å². The predicted octanol–water partition coefficient (Wildman–Crippen LogP) is 0.725. The molecular formula is C12H11N5O3S. The van der Waals surface area contributed by atoms with E-state index >= 15 is 0 Å². The van der Waals surface area contributed by atoms with Crippen LogP contribution in [-0.2, 0) is 4.79 Å². The Morgan fingerprint density at radius 2 is 2.29 bits per heavy atom. The van der Waals surface area contributed by atoms with Crippen LogP contribution in [0.15, 0.2) is 24.5 Å². The molecule has 9 heteroatoms. The molecule has 2 N–H and O–H groups in total. The molecule has 21 heavy (non-hydrogen) atoms. The normalized spacial score (nSPS) is 10.7. The van der Waals surface area contributed by atoms with Crippen molar-refractivity contribution < 1.29 is 14.3 Å². The summed E-state index contributed by atoms with van der Waals surface area (Å²) < 4.78 is 12.1. The van der Waals surface area contributed by atoms with Gasteiger partial charge in [-0.25, -0.2) is 0 Å². The Kier molecular flexibility index (Phi) is 3.40. The molecule has 0 bridgehead atoms. The van der Waals surface area contributed by atoms with Crippen molar-refractivity contribution in [1.82, 2.24) is 19.8 Å². The summed E-state index contributed by atoms with van der Waals surface area (Å²) in [4.78, 5) is 11.5. The van der Waals surface area contributed by atoms with E-state index < -0.39 is 5.91 Å². The summed E-state index contributed by atoms with van der Waals surface area (Å²) in [7, 11) is 1.52. The van der Waals surface area contributed by atoms with Crippen LogP contribution in [0.25, 0.3) is 15.5 Å². The molecule has 0 atom stereocenters. The number of amides is 1. The lowest BCUT2D eigenvalue weighted by Crippen LogP contribution is -2.20. The minimum Gasteiger partial charge on any atom is -0.493 e. The molecule has 0 fully saturated rings. The van der Waals surface area contributed by atoms with Gasteiger partial charge in [-0.3, -0.25) is 4.79 Å². The largest absolute Gasteiger partial charge is 0.493 e. The fraction of sp³-hybridized carbons (Fsp3) is 0.167. The van der Waals surface area contributed by atoms with Crippen molar-refractivity contribution in [3.63, 3.8) is 0 Å². The zero-order valence-corrected chi connectivity index (χ0v) is 11.8. The van der Waals surface area contributed by atoms with E-state index in [1.54, 1.807) is 16.6 Å². The molecule has 0 aliphatic carbocycles. The molecule has 0 spiro atoms. The Morgan fingerprint density at radius 1 is 1.43 bits per heavy atom. The number of aromatic nitrogens is 4. The lowest BCUT2D eigenvalue weighted by Gasteiger charge is -2.10. The van der Waals surface area contributed by atoms with E-state index in [-0.39, 0.29) is 6.61 Å². The molecular weight excluding hydrogens is 294 g/mol. The average molecular weight is 305 g/mol. The minimum absolute atomic E-state index is 0.202. The van der Waals surface area contributed by atoms with Crippen molar-refractivity contribution in [3.8, 4) is 22.1 Å². The van der Waals surface area contributed by atoms with Crippen LogP contribution in [0, 0.1) is 0 Å². The number of ether oxygens (including phenoxy) is 2. The van der Waals surface area contributed by atoms with E-state index in [1.807, 2.05) is 6.07 Å². The first-order valence-electron chi connectivity index (χ1n) is 5.94. The minimum atomic E-state index is -0.547. The molecule has 1 aromatic carbocycles. The molecule has 0 saturated heterocycles. The second-order valence-electron chi connectivity index (χ2n) is 4.09. The monoisotopic (exact) mass is 305 g/mol. The first-order valence-corrected chi connectivity index (χ1v) is 6.75. The topological polar surface area (TPSA) is 105 Å². The van der Waals surface area contributed by atoms with Gasteiger partial charge in [0.1, 0.15) is 11.3 Å². The number of methoxy groups -OCH3 is 1. The van der Waals surface area contributed by atoms with Crippen molar-refractivity contribution in [2.24, 2.45) is 5.73 Å². The standard InChI is InChI=1S/C12H11N5O3S/c1-19-9-4-7(2-3-8(9)20-5-10(13)18)11-16-17-6-14-15-12(17)21-11/h2-4,6H,5H2,1H3,(H2,13,18). The van der Waals surface area contributed by atoms with Gasteiger partial charge in [0, 0.05) is 5.56 Å². The molecule has 108 valence electrons. The third-order valence-corrected chi connectivity index (χ3v) is 3.63. The van der Waals surface area contributed by atoms with Crippen LogP contribution in [0.3, 0.4) is 0 Å². The highest BCUT2D eigenvalue weighted by Crippen LogP contribution is 2.33. The second kappa shape index (κ2) is 5.37. The zero-order chi connectivity index (χ0) is 14.8. The SMILES string of the molecule is COc1cc(-c2nn3cnnc3s2)ccc1OCC(N)=O. The summed E-state index contributed by atoms with van der Waals surface area (Å²) in [5, 5.41) is 12.8. The van der Waals surface area contributed by atoms with E-state index in [4.69, 9.17) is 15.2 Å². The fourth-order valence-corrected chi connectivity index (χ4v) is 2.56. The Labute approximate surface area is 123 Å². The molecule has 8 nitrogen and oxygen atoms in total. The van der Waals surface area contributed by atoms with Crippen LogP contribution in [-0.4, -0.2) is 39.4 Å². The van der Waals surface area contributed by atoms with Crippen LogP contribution in [0.4, 0.5) is 0 Å². The molecule has 0 saturated carbocycles. The molecule has 3 aromatic rings. The summed E-state index contributed by atoms with van der Waals surface area (Å²) in [6.07, 6.45) is 1.54. The lowest BCUT2D eigenvalue weighted by molar-refractivity contribution is -0.119. The molecule has 3 rings (SSSR count). The predicted molar refractivity (Wildman–Crippen MR) is 75.3 cm³/mol. The van der Waals surface area contributed by atoms with Crippen LogP contribution >= 0.6 is 11.3 Å². The van der Waals surface area contributed by atoms with Gasteiger partial charge in [0.15, 0.2) is 18.1 Å². The molecule has 2 aromatic heterocycles. The summed E-state index contributed by atoms with van der Waals surface area (Å²) in [5.74, 6) is 0.401. The Hall–Kier alpha value is -2.68. The van der Waals surface area contributed by atoms with E-state index in [2.05, 4.69) is 15.3 Å². The average Bonchev–Trinajstić information content (AvgIpc) is 3.06. The summed E-state index contributed by atoms with van der Waals surface area (Å²) in [6.45, 7) is -0.202. The van der Waals surface area contributed by atoms with Crippen LogP contribution in [0.1, 0.15) is 0 Å². The smallest absolute Gasteiger partial charge is 0.255 e. The highest BCUT2D eigenvalue weighted by atomic mass is 32.1. The number of nitrogens with zero attached hydrogens (tertiary/aromatic N) is 4. The van der Waals surface area contributed by atoms with Crippen LogP contribution in [0.5, 0.6) is 11.5 Å². The molecule has 0 radical (unpaired) electrons. The summed E-state index contributed by atoms with van der Waals surface area (Å²) >= 11 is 1.41. The number of rotatable bonds is 5. The molecule has 0 unspecified atom stereocenters. The van der Waals surface area contributed by atoms with Crippen molar-refractivity contribution in [1.29, 1.82) is 0 Å². The van der Waals surface area contributed by atoms with Gasteiger partial charge < -0.3 is 15.2 Å². The maximum absolute atomic E-state index is 10.8. The number of nitrogens with two attached hydrogens (primary N) is 1. The van der Waals surface area contributed by atoms with Crippen LogP contribution < -0.4 is 15.2 Å². The second-order valence-corrected chi connectivity index (χ2v) is 5.04. The van der Waals surface area contributed by atoms with Crippen molar-refractivity contribution in [3.05, 3.63) is 24.5 Å². The first-order chi connectivity index (χ1) is 10.2. The molecule has 1 amide bonds. The maximum atomic E-state index is 10.8. The number of carbonyl (C=O) groups is 1. The highest BCUT2D eigenvalue weighted by Gasteiger charge is 2.12. The fourth-order valence-electron chi connectivity index (χ4n) is 1.75. The van der Waals surface area contributed by atoms with Gasteiger partial charge in [0.2, 0.25) is 4.96 Å². The summed E-state index contributed by atoms with van der Waals surface area (Å²) in [6, 6.07) is 5.31. The maximum Gasteiger partial charge on any atom is 0.255 e. The van der Waals surface area contributed by atoms with Crippen molar-refractivity contribution in [2.45, 2.75) is 0 Å². The number of hydrogen-bond donors (Lipinski definition) is 1. The van der Waals surface area contributed by atoms with Gasteiger partial charge in [-0.15, -0.1) is 10.2 Å². The molecule has 0 aliphatic heterocycles. The number of benzene rings is 1. The number of fused-ring (bicyclic) bond motifs is 1. The van der Waals surface area contributed by atoms with E-state index in [1.165, 1.54) is 24.8 Å². The van der Waals surface area contributed by atoms with Gasteiger partial charge in [0.25, 0.3) is 5.91 Å². The van der Waals surface area contributed by atoms with Gasteiger partial charge in [-0.1, -0.05) is 11.3 Å². The van der Waals surface area contributed by atoms with Gasteiger partial charge >= 0.3 is 0 Å². The lowest BCUT2D eigenvalue weighted by atomic mass is 10.2. The number of primary amides is 1. The number of carbonyl (C=O) groups excluding carboxylic acids is 1. The van der Waals surface area contributed by atoms with E-state index in [0.717, 1.165) is 10.6 Å². The van der Waals surface area contributed by atoms with Crippen molar-refractivity contribution >= 4 is 22.2 Å².